The van der Waals surface area contributed by atoms with Crippen LogP contribution >= 0.6 is 22.9 Å². The number of nitrogens with two attached hydrogens (primary N) is 2. The molecule has 6 N–H and O–H groups in total. The molecule has 4 rings (SSSR count). The van der Waals surface area contributed by atoms with Crippen molar-refractivity contribution in [3.8, 4) is 0 Å². The summed E-state index contributed by atoms with van der Waals surface area (Å²) in [6.07, 6.45) is 2.98. The topological polar surface area (TPSA) is 130 Å². The van der Waals surface area contributed by atoms with Gasteiger partial charge in [-0.05, 0) is 43.0 Å². The maximum Gasteiger partial charge on any atom is 0.260 e. The minimum atomic E-state index is -0.703. The van der Waals surface area contributed by atoms with E-state index in [1.165, 1.54) is 11.3 Å². The Labute approximate surface area is 202 Å². The van der Waals surface area contributed by atoms with Gasteiger partial charge in [0.25, 0.3) is 5.91 Å². The summed E-state index contributed by atoms with van der Waals surface area (Å²) in [5.74, 6) is 0.395. The lowest BCUT2D eigenvalue weighted by molar-refractivity contribution is 0.100. The second-order valence-corrected chi connectivity index (χ2v) is 9.74. The van der Waals surface area contributed by atoms with Crippen LogP contribution in [0.2, 0.25) is 5.15 Å². The van der Waals surface area contributed by atoms with Crippen molar-refractivity contribution in [1.82, 2.24) is 15.3 Å². The Hall–Kier alpha value is -2.46. The van der Waals surface area contributed by atoms with Crippen LogP contribution in [-0.2, 0) is 6.42 Å². The second kappa shape index (κ2) is 10.2. The van der Waals surface area contributed by atoms with Crippen molar-refractivity contribution in [2.45, 2.75) is 44.8 Å². The van der Waals surface area contributed by atoms with Crippen LogP contribution in [0.5, 0.6) is 0 Å². The van der Waals surface area contributed by atoms with E-state index in [0.29, 0.717) is 34.0 Å². The third kappa shape index (κ3) is 5.22. The lowest BCUT2D eigenvalue weighted by atomic mass is 10.0. The van der Waals surface area contributed by atoms with Crippen LogP contribution in [0.4, 0.5) is 11.5 Å². The molecule has 4 heterocycles. The average molecular weight is 489 g/mol. The van der Waals surface area contributed by atoms with Gasteiger partial charge in [0.05, 0.1) is 11.4 Å². The summed E-state index contributed by atoms with van der Waals surface area (Å²) in [6, 6.07) is 7.65. The number of carbonyl (C=O) groups is 1. The normalized spacial score (nSPS) is 15.8. The minimum Gasteiger partial charge on any atom is -0.397 e. The number of pyridine rings is 2. The summed E-state index contributed by atoms with van der Waals surface area (Å²) >= 11 is 7.19. The second-order valence-electron chi connectivity index (χ2n) is 8.35. The molecule has 1 saturated heterocycles. The SMILES string of the molecule is CCCc1cc(N2CCC(NC[C@@H](O)c3cccc(Cl)n3)CC2)nc2sc(C(N)=O)c(N)c12. The number of thiophene rings is 1. The number of aromatic nitrogens is 2. The number of anilines is 2. The predicted molar refractivity (Wildman–Crippen MR) is 134 cm³/mol. The number of piperidine rings is 1. The number of primary amides is 1. The smallest absolute Gasteiger partial charge is 0.260 e. The maximum absolute atomic E-state index is 11.8. The van der Waals surface area contributed by atoms with Crippen molar-refractivity contribution in [2.75, 3.05) is 30.3 Å². The highest BCUT2D eigenvalue weighted by atomic mass is 35.5. The van der Waals surface area contributed by atoms with Crippen LogP contribution in [0.25, 0.3) is 10.2 Å². The predicted octanol–water partition coefficient (Wildman–Crippen LogP) is 3.27. The summed E-state index contributed by atoms with van der Waals surface area (Å²) in [5, 5.41) is 15.1. The molecule has 33 heavy (non-hydrogen) atoms. The van der Waals surface area contributed by atoms with Gasteiger partial charge in [0.1, 0.15) is 26.8 Å². The van der Waals surface area contributed by atoms with Crippen LogP contribution in [0, 0.1) is 0 Å². The Kier molecular flexibility index (Phi) is 7.33. The van der Waals surface area contributed by atoms with Crippen molar-refractivity contribution in [3.05, 3.63) is 45.6 Å². The van der Waals surface area contributed by atoms with E-state index in [2.05, 4.69) is 28.2 Å². The molecule has 3 aromatic heterocycles. The highest BCUT2D eigenvalue weighted by molar-refractivity contribution is 7.21. The van der Waals surface area contributed by atoms with E-state index in [1.54, 1.807) is 18.2 Å². The summed E-state index contributed by atoms with van der Waals surface area (Å²) < 4.78 is 0. The number of amides is 1. The highest BCUT2D eigenvalue weighted by Crippen LogP contribution is 2.37. The molecule has 0 radical (unpaired) electrons. The Morgan fingerprint density at radius 3 is 2.79 bits per heavy atom. The maximum atomic E-state index is 11.8. The van der Waals surface area contributed by atoms with E-state index in [-0.39, 0.29) is 0 Å². The monoisotopic (exact) mass is 488 g/mol. The van der Waals surface area contributed by atoms with E-state index in [9.17, 15) is 9.90 Å². The molecule has 1 aliphatic heterocycles. The van der Waals surface area contributed by atoms with Crippen molar-refractivity contribution in [3.63, 3.8) is 0 Å². The number of aliphatic hydroxyl groups is 1. The highest BCUT2D eigenvalue weighted by Gasteiger charge is 2.24. The van der Waals surface area contributed by atoms with Crippen LogP contribution in [0.3, 0.4) is 0 Å². The molecule has 0 aliphatic carbocycles. The fourth-order valence-electron chi connectivity index (χ4n) is 4.30. The van der Waals surface area contributed by atoms with Crippen molar-refractivity contribution < 1.29 is 9.90 Å². The zero-order valence-corrected chi connectivity index (χ0v) is 20.1. The number of aryl methyl sites for hydroxylation is 1. The number of nitrogens with one attached hydrogen (secondary N) is 1. The fourth-order valence-corrected chi connectivity index (χ4v) is 5.46. The molecule has 0 unspecified atom stereocenters. The van der Waals surface area contributed by atoms with Crippen LogP contribution in [0.15, 0.2) is 24.3 Å². The Morgan fingerprint density at radius 2 is 2.12 bits per heavy atom. The number of hydrogen-bond acceptors (Lipinski definition) is 8. The van der Waals surface area contributed by atoms with Gasteiger partial charge in [-0.2, -0.15) is 0 Å². The standard InChI is InChI=1S/C23H29ClN6O2S/c1-2-4-13-11-18(29-23-19(13)20(25)21(33-23)22(26)32)30-9-7-14(8-10-30)27-12-16(31)15-5-3-6-17(24)28-15/h3,5-6,11,14,16,27,31H,2,4,7-10,12,25H2,1H3,(H2,26,32)/t16-/m1/s1. The number of nitrogens with zero attached hydrogens (tertiary/aromatic N) is 3. The quantitative estimate of drug-likeness (QED) is 0.358. The Balaban J connectivity index is 1.42. The van der Waals surface area contributed by atoms with Crippen LogP contribution < -0.4 is 21.7 Å². The number of halogens is 1. The molecule has 3 aromatic rings. The van der Waals surface area contributed by atoms with Gasteiger partial charge in [0, 0.05) is 31.1 Å². The number of aliphatic hydroxyl groups excluding tert-OH is 1. The third-order valence-corrected chi connectivity index (χ3v) is 7.33. The molecule has 0 bridgehead atoms. The molecule has 1 aliphatic rings. The van der Waals surface area contributed by atoms with Gasteiger partial charge in [-0.15, -0.1) is 11.3 Å². The first-order valence-corrected chi connectivity index (χ1v) is 12.4. The van der Waals surface area contributed by atoms with Crippen molar-refractivity contribution in [2.24, 2.45) is 5.73 Å². The molecule has 1 amide bonds. The molecule has 0 saturated carbocycles. The van der Waals surface area contributed by atoms with Gasteiger partial charge in [-0.1, -0.05) is 31.0 Å². The number of hydrogen-bond donors (Lipinski definition) is 4. The lowest BCUT2D eigenvalue weighted by Gasteiger charge is -2.34. The zero-order chi connectivity index (χ0) is 23.5. The van der Waals surface area contributed by atoms with Gasteiger partial charge in [-0.25, -0.2) is 9.97 Å². The van der Waals surface area contributed by atoms with Gasteiger partial charge < -0.3 is 26.8 Å². The van der Waals surface area contributed by atoms with E-state index in [1.807, 2.05) is 0 Å². The molecule has 1 atom stereocenters. The first-order valence-electron chi connectivity index (χ1n) is 11.2. The molecular weight excluding hydrogens is 460 g/mol. The summed E-state index contributed by atoms with van der Waals surface area (Å²) in [5.41, 5.74) is 13.9. The number of nitrogen functional groups attached to an aromatic ring is 1. The molecule has 0 aromatic carbocycles. The number of carbonyl (C=O) groups excluding carboxylic acids is 1. The van der Waals surface area contributed by atoms with Gasteiger partial charge in [0.15, 0.2) is 0 Å². The fraction of sp³-hybridized carbons (Fsp3) is 0.435. The van der Waals surface area contributed by atoms with E-state index < -0.39 is 12.0 Å². The largest absolute Gasteiger partial charge is 0.397 e. The summed E-state index contributed by atoms with van der Waals surface area (Å²) in [4.78, 5) is 24.2. The summed E-state index contributed by atoms with van der Waals surface area (Å²) in [7, 11) is 0. The molecule has 1 fully saturated rings. The van der Waals surface area contributed by atoms with E-state index in [4.69, 9.17) is 28.1 Å². The first-order chi connectivity index (χ1) is 15.9. The van der Waals surface area contributed by atoms with Crippen LogP contribution in [0.1, 0.15) is 53.2 Å². The Morgan fingerprint density at radius 1 is 1.36 bits per heavy atom. The Bertz CT molecular complexity index is 1150. The molecule has 10 heteroatoms. The lowest BCUT2D eigenvalue weighted by Crippen LogP contribution is -2.44. The number of rotatable bonds is 8. The van der Waals surface area contributed by atoms with Crippen LogP contribution in [-0.4, -0.2) is 46.7 Å². The average Bonchev–Trinajstić information content (AvgIpc) is 3.15. The molecule has 176 valence electrons. The van der Waals surface area contributed by atoms with Gasteiger partial charge in [0.2, 0.25) is 0 Å². The number of fused-ring (bicyclic) bond motifs is 1. The minimum absolute atomic E-state index is 0.299. The van der Waals surface area contributed by atoms with Crippen molar-refractivity contribution in [1.29, 1.82) is 0 Å². The van der Waals surface area contributed by atoms with E-state index in [0.717, 1.165) is 60.4 Å². The third-order valence-electron chi connectivity index (χ3n) is 6.01. The van der Waals surface area contributed by atoms with E-state index >= 15 is 0 Å². The zero-order valence-electron chi connectivity index (χ0n) is 18.6. The molecule has 0 spiro atoms. The first kappa shape index (κ1) is 23.7. The van der Waals surface area contributed by atoms with Gasteiger partial charge in [-0.3, -0.25) is 4.79 Å². The molecule has 8 nitrogen and oxygen atoms in total. The van der Waals surface area contributed by atoms with Gasteiger partial charge >= 0.3 is 0 Å². The van der Waals surface area contributed by atoms with Crippen molar-refractivity contribution >= 4 is 50.6 Å². The summed E-state index contributed by atoms with van der Waals surface area (Å²) in [6.45, 7) is 4.23. The molecular formula is C23H29ClN6O2S.